The number of amides is 2. The molecule has 248 valence electrons. The fraction of sp³-hybridized carbons (Fsp3) is 0.485. The van der Waals surface area contributed by atoms with Crippen LogP contribution in [0.3, 0.4) is 0 Å². The van der Waals surface area contributed by atoms with Crippen LogP contribution in [0.2, 0.25) is 0 Å². The summed E-state index contributed by atoms with van der Waals surface area (Å²) in [5.74, 6) is 2.36. The normalized spacial score (nSPS) is 23.6. The van der Waals surface area contributed by atoms with Gasteiger partial charge in [0, 0.05) is 81.3 Å². The van der Waals surface area contributed by atoms with Crippen molar-refractivity contribution in [1.29, 1.82) is 0 Å². The lowest BCUT2D eigenvalue weighted by Gasteiger charge is -2.43. The average Bonchev–Trinajstić information content (AvgIpc) is 3.51. The van der Waals surface area contributed by atoms with Gasteiger partial charge in [-0.2, -0.15) is 4.98 Å². The summed E-state index contributed by atoms with van der Waals surface area (Å²) >= 11 is 1.16. The Labute approximate surface area is 278 Å². The third-order valence-corrected chi connectivity index (χ3v) is 10.3. The third kappa shape index (κ3) is 7.09. The molecule has 0 spiro atoms. The van der Waals surface area contributed by atoms with Crippen LogP contribution in [0, 0.1) is 5.92 Å². The smallest absolute Gasteiger partial charge is 0.279 e. The van der Waals surface area contributed by atoms with Gasteiger partial charge in [-0.1, -0.05) is 18.7 Å². The van der Waals surface area contributed by atoms with Crippen LogP contribution in [0.4, 0.5) is 27.8 Å². The second kappa shape index (κ2) is 13.9. The maximum Gasteiger partial charge on any atom is 0.279 e. The van der Waals surface area contributed by atoms with Crippen LogP contribution in [0.15, 0.2) is 48.8 Å². The highest BCUT2D eigenvalue weighted by Crippen LogP contribution is 2.33. The zero-order valence-corrected chi connectivity index (χ0v) is 27.5. The Balaban J connectivity index is 0.954. The summed E-state index contributed by atoms with van der Waals surface area (Å²) in [6.07, 6.45) is 2.18. The zero-order valence-electron chi connectivity index (χ0n) is 26.7. The van der Waals surface area contributed by atoms with Gasteiger partial charge < -0.3 is 35.2 Å². The lowest BCUT2D eigenvalue weighted by atomic mass is 9.95. The minimum Gasteiger partial charge on any atom is -0.488 e. The van der Waals surface area contributed by atoms with Gasteiger partial charge >= 0.3 is 0 Å². The molecule has 2 amide bonds. The van der Waals surface area contributed by atoms with Crippen molar-refractivity contribution >= 4 is 45.9 Å². The number of piperidine rings is 1. The molecule has 4 saturated heterocycles. The lowest BCUT2D eigenvalue weighted by molar-refractivity contribution is -0.135. The topological polar surface area (TPSA) is 137 Å². The standard InChI is InChI=1S/C33H41N9O4S/c1-21-16-42(31(43)27-19-47-33(44)38-27)10-9-28(21)46-29-8-3-22(15-26(29)34-2)30-35-20-36-32(39-30)37-23-4-6-24(7-5-23)40-11-13-41(14-12-40)25-17-45-18-25/h3-8,15,20-21,25,27-28,34H,9-14,16-19H2,1-2H3,(H,38,44)(H,35,36,37,39)/t21-,27?,28+/m1/s1. The molecule has 1 unspecified atom stereocenters. The van der Waals surface area contributed by atoms with Crippen LogP contribution in [-0.4, -0.2) is 119 Å². The summed E-state index contributed by atoms with van der Waals surface area (Å²) in [4.78, 5) is 44.7. The van der Waals surface area contributed by atoms with E-state index in [1.54, 1.807) is 0 Å². The highest BCUT2D eigenvalue weighted by Gasteiger charge is 2.36. The van der Waals surface area contributed by atoms with E-state index >= 15 is 0 Å². The molecule has 1 aromatic heterocycles. The first-order valence-electron chi connectivity index (χ1n) is 16.3. The van der Waals surface area contributed by atoms with Crippen molar-refractivity contribution in [1.82, 2.24) is 30.1 Å². The van der Waals surface area contributed by atoms with Crippen molar-refractivity contribution in [2.75, 3.05) is 80.8 Å². The fourth-order valence-electron chi connectivity index (χ4n) is 6.53. The molecule has 0 aliphatic carbocycles. The second-order valence-electron chi connectivity index (χ2n) is 12.5. The van der Waals surface area contributed by atoms with E-state index in [2.05, 4.69) is 66.9 Å². The molecule has 4 aliphatic rings. The second-order valence-corrected chi connectivity index (χ2v) is 13.5. The molecule has 7 rings (SSSR count). The number of carbonyl (C=O) groups is 2. The number of ether oxygens (including phenoxy) is 2. The summed E-state index contributed by atoms with van der Waals surface area (Å²) in [7, 11) is 1.86. The molecule has 0 bridgehead atoms. The molecule has 14 heteroatoms. The quantitative estimate of drug-likeness (QED) is 0.311. The van der Waals surface area contributed by atoms with E-state index in [1.165, 1.54) is 12.0 Å². The van der Waals surface area contributed by atoms with Crippen LogP contribution >= 0.6 is 11.8 Å². The van der Waals surface area contributed by atoms with Gasteiger partial charge in [0.05, 0.1) is 24.9 Å². The number of aromatic nitrogens is 3. The first-order chi connectivity index (χ1) is 22.9. The first kappa shape index (κ1) is 31.5. The van der Waals surface area contributed by atoms with Crippen molar-refractivity contribution in [2.24, 2.45) is 5.92 Å². The van der Waals surface area contributed by atoms with Gasteiger partial charge in [0.2, 0.25) is 11.9 Å². The Morgan fingerprint density at radius 1 is 1.06 bits per heavy atom. The van der Waals surface area contributed by atoms with Gasteiger partial charge in [0.25, 0.3) is 5.24 Å². The molecule has 3 atom stereocenters. The lowest BCUT2D eigenvalue weighted by Crippen LogP contribution is -2.56. The Morgan fingerprint density at radius 2 is 1.87 bits per heavy atom. The van der Waals surface area contributed by atoms with Gasteiger partial charge in [-0.3, -0.25) is 14.5 Å². The molecule has 0 radical (unpaired) electrons. The Hall–Kier alpha value is -4.14. The van der Waals surface area contributed by atoms with Crippen molar-refractivity contribution in [3.05, 3.63) is 48.8 Å². The largest absolute Gasteiger partial charge is 0.488 e. The average molecular weight is 660 g/mol. The highest BCUT2D eigenvalue weighted by atomic mass is 32.2. The zero-order chi connectivity index (χ0) is 32.3. The van der Waals surface area contributed by atoms with E-state index < -0.39 is 6.04 Å². The van der Waals surface area contributed by atoms with E-state index in [1.807, 2.05) is 30.1 Å². The van der Waals surface area contributed by atoms with Crippen LogP contribution in [0.5, 0.6) is 5.75 Å². The summed E-state index contributed by atoms with van der Waals surface area (Å²) in [6.45, 7) is 9.16. The van der Waals surface area contributed by atoms with Crippen LogP contribution in [0.1, 0.15) is 13.3 Å². The Kier molecular flexibility index (Phi) is 9.32. The number of nitrogens with one attached hydrogen (secondary N) is 3. The van der Waals surface area contributed by atoms with Crippen LogP contribution in [0.25, 0.3) is 11.4 Å². The number of piperazine rings is 1. The highest BCUT2D eigenvalue weighted by molar-refractivity contribution is 8.14. The number of rotatable bonds is 9. The van der Waals surface area contributed by atoms with Crippen molar-refractivity contribution < 1.29 is 19.1 Å². The number of nitrogens with zero attached hydrogens (tertiary/aromatic N) is 6. The monoisotopic (exact) mass is 659 g/mol. The van der Waals surface area contributed by atoms with Gasteiger partial charge in [-0.05, 0) is 42.5 Å². The van der Waals surface area contributed by atoms with Gasteiger partial charge in [0.1, 0.15) is 24.2 Å². The number of thioether (sulfide) groups is 1. The number of benzene rings is 2. The number of anilines is 4. The van der Waals surface area contributed by atoms with Gasteiger partial charge in [0.15, 0.2) is 5.82 Å². The van der Waals surface area contributed by atoms with Crippen LogP contribution in [-0.2, 0) is 9.53 Å². The van der Waals surface area contributed by atoms with E-state index in [0.29, 0.717) is 43.1 Å². The van der Waals surface area contributed by atoms with Crippen molar-refractivity contribution in [3.8, 4) is 17.1 Å². The fourth-order valence-corrected chi connectivity index (χ4v) is 7.30. The summed E-state index contributed by atoms with van der Waals surface area (Å²) in [6, 6.07) is 14.4. The minimum atomic E-state index is -0.434. The molecule has 2 aromatic carbocycles. The van der Waals surface area contributed by atoms with E-state index in [-0.39, 0.29) is 23.2 Å². The molecule has 0 saturated carbocycles. The maximum atomic E-state index is 12.9. The summed E-state index contributed by atoms with van der Waals surface area (Å²) in [5.41, 5.74) is 3.78. The Bertz CT molecular complexity index is 1580. The molecular formula is C33H41N9O4S. The van der Waals surface area contributed by atoms with Crippen LogP contribution < -0.4 is 25.6 Å². The maximum absolute atomic E-state index is 12.9. The number of carbonyl (C=O) groups excluding carboxylic acids is 2. The number of hydrogen-bond acceptors (Lipinski definition) is 12. The first-order valence-corrected chi connectivity index (χ1v) is 17.3. The van der Waals surface area contributed by atoms with E-state index in [4.69, 9.17) is 14.5 Å². The summed E-state index contributed by atoms with van der Waals surface area (Å²) in [5, 5.41) is 9.19. The molecule has 3 aromatic rings. The molecule has 4 aliphatic heterocycles. The Morgan fingerprint density at radius 3 is 2.55 bits per heavy atom. The van der Waals surface area contributed by atoms with Crippen molar-refractivity contribution in [2.45, 2.75) is 31.5 Å². The molecule has 13 nitrogen and oxygen atoms in total. The minimum absolute atomic E-state index is 0.0124. The third-order valence-electron chi connectivity index (χ3n) is 9.41. The molecule has 5 heterocycles. The van der Waals surface area contributed by atoms with E-state index in [0.717, 1.165) is 73.8 Å². The molecule has 47 heavy (non-hydrogen) atoms. The SMILES string of the molecule is CNc1cc(-c2ncnc(Nc3ccc(N4CCN(C5COC5)CC4)cc3)n2)ccc1O[C@H]1CCN(C(=O)C2CSC(=O)N2)C[C@H]1C. The molecule has 3 N–H and O–H groups in total. The molecule has 4 fully saturated rings. The van der Waals surface area contributed by atoms with E-state index in [9.17, 15) is 9.59 Å². The molecular weight excluding hydrogens is 618 g/mol. The summed E-state index contributed by atoms with van der Waals surface area (Å²) < 4.78 is 11.8. The predicted molar refractivity (Wildman–Crippen MR) is 182 cm³/mol. The number of likely N-dealkylation sites (tertiary alicyclic amines) is 1. The van der Waals surface area contributed by atoms with Crippen molar-refractivity contribution in [3.63, 3.8) is 0 Å². The van der Waals surface area contributed by atoms with Gasteiger partial charge in [-0.25, -0.2) is 9.97 Å². The predicted octanol–water partition coefficient (Wildman–Crippen LogP) is 3.29. The van der Waals surface area contributed by atoms with Gasteiger partial charge in [-0.15, -0.1) is 0 Å². The number of hydrogen-bond donors (Lipinski definition) is 3.